The van der Waals surface area contributed by atoms with E-state index in [-0.39, 0.29) is 0 Å². The molecule has 0 aliphatic carbocycles. The fourth-order valence-electron chi connectivity index (χ4n) is 1.20. The standard InChI is InChI=1S/C11H14ClNO3/c1-8(13-14)10-7-9(12)3-4-11(10)16-6-5-15-2/h3-4,7,14H,5-6H2,1-2H3/b13-8+. The molecule has 16 heavy (non-hydrogen) atoms. The number of methoxy groups -OCH3 is 1. The van der Waals surface area contributed by atoms with E-state index in [9.17, 15) is 0 Å². The molecule has 5 heteroatoms. The summed E-state index contributed by atoms with van der Waals surface area (Å²) in [6.07, 6.45) is 0. The number of ether oxygens (including phenoxy) is 2. The third-order valence-corrected chi connectivity index (χ3v) is 2.26. The molecule has 0 unspecified atom stereocenters. The van der Waals surface area contributed by atoms with E-state index in [0.29, 0.717) is 35.3 Å². The average molecular weight is 244 g/mol. The molecule has 0 heterocycles. The molecule has 0 saturated heterocycles. The molecule has 0 aliphatic heterocycles. The lowest BCUT2D eigenvalue weighted by Gasteiger charge is -2.10. The molecule has 1 aromatic rings. The van der Waals surface area contributed by atoms with Crippen molar-refractivity contribution in [1.29, 1.82) is 0 Å². The summed E-state index contributed by atoms with van der Waals surface area (Å²) < 4.78 is 10.4. The van der Waals surface area contributed by atoms with Gasteiger partial charge in [-0.2, -0.15) is 0 Å². The minimum atomic E-state index is 0.434. The molecular formula is C11H14ClNO3. The molecule has 0 aromatic heterocycles. The van der Waals surface area contributed by atoms with E-state index in [1.165, 1.54) is 0 Å². The topological polar surface area (TPSA) is 51.0 Å². The summed E-state index contributed by atoms with van der Waals surface area (Å²) in [5.74, 6) is 0.622. The number of hydrogen-bond donors (Lipinski definition) is 1. The predicted octanol–water partition coefficient (Wildman–Crippen LogP) is 2.56. The maximum Gasteiger partial charge on any atom is 0.128 e. The van der Waals surface area contributed by atoms with Gasteiger partial charge >= 0.3 is 0 Å². The third kappa shape index (κ3) is 3.40. The van der Waals surface area contributed by atoms with Crippen molar-refractivity contribution in [1.82, 2.24) is 0 Å². The maximum absolute atomic E-state index is 8.74. The normalized spacial score (nSPS) is 11.6. The van der Waals surface area contributed by atoms with Crippen molar-refractivity contribution in [2.45, 2.75) is 6.92 Å². The monoisotopic (exact) mass is 243 g/mol. The van der Waals surface area contributed by atoms with E-state index in [1.807, 2.05) is 0 Å². The summed E-state index contributed by atoms with van der Waals surface area (Å²) in [5, 5.41) is 12.4. The summed E-state index contributed by atoms with van der Waals surface area (Å²) in [7, 11) is 1.60. The number of nitrogens with zero attached hydrogens (tertiary/aromatic N) is 1. The number of halogens is 1. The summed E-state index contributed by atoms with van der Waals surface area (Å²) in [4.78, 5) is 0. The number of rotatable bonds is 5. The van der Waals surface area contributed by atoms with Crippen LogP contribution in [-0.2, 0) is 4.74 Å². The fourth-order valence-corrected chi connectivity index (χ4v) is 1.37. The molecule has 4 nitrogen and oxygen atoms in total. The van der Waals surface area contributed by atoms with Crippen LogP contribution in [0.25, 0.3) is 0 Å². The van der Waals surface area contributed by atoms with Gasteiger partial charge in [-0.1, -0.05) is 16.8 Å². The summed E-state index contributed by atoms with van der Waals surface area (Å²) in [5.41, 5.74) is 1.13. The SMILES string of the molecule is COCCOc1ccc(Cl)cc1/C(C)=N/O. The second-order valence-electron chi connectivity index (χ2n) is 3.17. The smallest absolute Gasteiger partial charge is 0.128 e. The van der Waals surface area contributed by atoms with Crippen molar-refractivity contribution in [3.8, 4) is 5.75 Å². The summed E-state index contributed by atoms with van der Waals surface area (Å²) >= 11 is 5.86. The summed E-state index contributed by atoms with van der Waals surface area (Å²) in [6.45, 7) is 2.61. The molecule has 0 amide bonds. The molecular weight excluding hydrogens is 230 g/mol. The number of oxime groups is 1. The molecule has 0 atom stereocenters. The predicted molar refractivity (Wildman–Crippen MR) is 62.8 cm³/mol. The maximum atomic E-state index is 8.74. The first-order valence-corrected chi connectivity index (χ1v) is 5.17. The van der Waals surface area contributed by atoms with E-state index >= 15 is 0 Å². The van der Waals surface area contributed by atoms with E-state index in [2.05, 4.69) is 5.16 Å². The minimum Gasteiger partial charge on any atom is -0.490 e. The van der Waals surface area contributed by atoms with E-state index in [0.717, 1.165) is 0 Å². The zero-order valence-electron chi connectivity index (χ0n) is 9.24. The van der Waals surface area contributed by atoms with Crippen LogP contribution in [0.4, 0.5) is 0 Å². The highest BCUT2D eigenvalue weighted by atomic mass is 35.5. The molecule has 88 valence electrons. The van der Waals surface area contributed by atoms with Crippen LogP contribution in [0.5, 0.6) is 5.75 Å². The van der Waals surface area contributed by atoms with Gasteiger partial charge in [-0.3, -0.25) is 0 Å². The Morgan fingerprint density at radius 2 is 2.19 bits per heavy atom. The van der Waals surface area contributed by atoms with Gasteiger partial charge in [0.2, 0.25) is 0 Å². The van der Waals surface area contributed by atoms with Gasteiger partial charge in [0.25, 0.3) is 0 Å². The van der Waals surface area contributed by atoms with Crippen molar-refractivity contribution >= 4 is 17.3 Å². The number of hydrogen-bond acceptors (Lipinski definition) is 4. The number of benzene rings is 1. The molecule has 0 aliphatic rings. The zero-order chi connectivity index (χ0) is 12.0. The minimum absolute atomic E-state index is 0.434. The Hall–Kier alpha value is -1.26. The van der Waals surface area contributed by atoms with Gasteiger partial charge in [-0.25, -0.2) is 0 Å². The Morgan fingerprint density at radius 1 is 1.44 bits per heavy atom. The Bertz CT molecular complexity index is 379. The first-order chi connectivity index (χ1) is 7.69. The van der Waals surface area contributed by atoms with Gasteiger partial charge in [0, 0.05) is 17.7 Å². The summed E-state index contributed by atoms with van der Waals surface area (Å²) in [6, 6.07) is 5.15. The van der Waals surface area contributed by atoms with E-state index < -0.39 is 0 Å². The Balaban J connectivity index is 2.89. The van der Waals surface area contributed by atoms with Crippen LogP contribution in [0.3, 0.4) is 0 Å². The Kier molecular flexibility index (Phi) is 5.08. The van der Waals surface area contributed by atoms with Crippen molar-refractivity contribution in [3.63, 3.8) is 0 Å². The lowest BCUT2D eigenvalue weighted by atomic mass is 10.1. The van der Waals surface area contributed by atoms with Crippen LogP contribution in [0, 0.1) is 0 Å². The first kappa shape index (κ1) is 12.8. The fraction of sp³-hybridized carbons (Fsp3) is 0.364. The van der Waals surface area contributed by atoms with Gasteiger partial charge in [-0.15, -0.1) is 0 Å². The van der Waals surface area contributed by atoms with Gasteiger partial charge in [0.1, 0.15) is 12.4 Å². The van der Waals surface area contributed by atoms with Crippen LogP contribution >= 0.6 is 11.6 Å². The van der Waals surface area contributed by atoms with Gasteiger partial charge in [0.05, 0.1) is 12.3 Å². The van der Waals surface area contributed by atoms with Crippen LogP contribution in [0.15, 0.2) is 23.4 Å². The largest absolute Gasteiger partial charge is 0.490 e. The molecule has 1 aromatic carbocycles. The molecule has 0 radical (unpaired) electrons. The van der Waals surface area contributed by atoms with Crippen molar-refractivity contribution < 1.29 is 14.7 Å². The van der Waals surface area contributed by atoms with Crippen molar-refractivity contribution in [2.75, 3.05) is 20.3 Å². The molecule has 0 bridgehead atoms. The van der Waals surface area contributed by atoms with Gasteiger partial charge in [0.15, 0.2) is 0 Å². The molecule has 0 spiro atoms. The Morgan fingerprint density at radius 3 is 2.81 bits per heavy atom. The second-order valence-corrected chi connectivity index (χ2v) is 3.60. The van der Waals surface area contributed by atoms with E-state index in [4.69, 9.17) is 26.3 Å². The van der Waals surface area contributed by atoms with Crippen LogP contribution in [0.1, 0.15) is 12.5 Å². The highest BCUT2D eigenvalue weighted by Gasteiger charge is 2.08. The van der Waals surface area contributed by atoms with Gasteiger partial charge in [-0.05, 0) is 25.1 Å². The van der Waals surface area contributed by atoms with Crippen LogP contribution in [-0.4, -0.2) is 31.2 Å². The third-order valence-electron chi connectivity index (χ3n) is 2.03. The van der Waals surface area contributed by atoms with E-state index in [1.54, 1.807) is 32.2 Å². The van der Waals surface area contributed by atoms with Crippen LogP contribution in [0.2, 0.25) is 5.02 Å². The molecule has 0 fully saturated rings. The van der Waals surface area contributed by atoms with Crippen LogP contribution < -0.4 is 4.74 Å². The second kappa shape index (κ2) is 6.35. The lowest BCUT2D eigenvalue weighted by Crippen LogP contribution is -2.07. The lowest BCUT2D eigenvalue weighted by molar-refractivity contribution is 0.146. The van der Waals surface area contributed by atoms with Crippen molar-refractivity contribution in [3.05, 3.63) is 28.8 Å². The molecule has 1 N–H and O–H groups in total. The molecule has 0 saturated carbocycles. The first-order valence-electron chi connectivity index (χ1n) is 4.79. The highest BCUT2D eigenvalue weighted by Crippen LogP contribution is 2.23. The average Bonchev–Trinajstić information content (AvgIpc) is 2.30. The highest BCUT2D eigenvalue weighted by molar-refractivity contribution is 6.31. The zero-order valence-corrected chi connectivity index (χ0v) is 9.99. The quantitative estimate of drug-likeness (QED) is 0.374. The molecule has 1 rings (SSSR count). The Labute approximate surface area is 99.4 Å². The van der Waals surface area contributed by atoms with Crippen molar-refractivity contribution in [2.24, 2.45) is 5.16 Å². The van der Waals surface area contributed by atoms with Gasteiger partial charge < -0.3 is 14.7 Å².